The molecule has 6 heteroatoms. The van der Waals surface area contributed by atoms with Crippen LogP contribution in [0.2, 0.25) is 0 Å². The SMILES string of the molecule is Cc1ccc(S(=O)(=O)Nc2ccccc2NC2CCOCC2)cc1. The first-order valence-electron chi connectivity index (χ1n) is 8.07. The van der Waals surface area contributed by atoms with E-state index in [1.807, 2.05) is 25.1 Å². The molecular formula is C18H22N2O3S. The van der Waals surface area contributed by atoms with Gasteiger partial charge in [0.25, 0.3) is 10.0 Å². The van der Waals surface area contributed by atoms with Crippen LogP contribution >= 0.6 is 0 Å². The van der Waals surface area contributed by atoms with Gasteiger partial charge in [0.05, 0.1) is 16.3 Å². The Morgan fingerprint density at radius 1 is 0.958 bits per heavy atom. The summed E-state index contributed by atoms with van der Waals surface area (Å²) in [6.45, 7) is 3.39. The first-order chi connectivity index (χ1) is 11.5. The predicted octanol–water partition coefficient (Wildman–Crippen LogP) is 3.39. The van der Waals surface area contributed by atoms with Gasteiger partial charge in [0, 0.05) is 19.3 Å². The number of anilines is 2. The van der Waals surface area contributed by atoms with E-state index in [0.717, 1.165) is 37.3 Å². The quantitative estimate of drug-likeness (QED) is 0.871. The van der Waals surface area contributed by atoms with Gasteiger partial charge in [0.2, 0.25) is 0 Å². The number of para-hydroxylation sites is 2. The molecular weight excluding hydrogens is 324 g/mol. The standard InChI is InChI=1S/C18H22N2O3S/c1-14-6-8-16(9-7-14)24(21,22)20-18-5-3-2-4-17(18)19-15-10-12-23-13-11-15/h2-9,15,19-20H,10-13H2,1H3. The Morgan fingerprint density at radius 3 is 2.25 bits per heavy atom. The van der Waals surface area contributed by atoms with E-state index in [0.29, 0.717) is 11.7 Å². The molecule has 1 heterocycles. The number of nitrogens with one attached hydrogen (secondary N) is 2. The van der Waals surface area contributed by atoms with Gasteiger partial charge in [-0.1, -0.05) is 29.8 Å². The summed E-state index contributed by atoms with van der Waals surface area (Å²) in [5.41, 5.74) is 2.38. The average molecular weight is 346 g/mol. The lowest BCUT2D eigenvalue weighted by molar-refractivity contribution is 0.0904. The van der Waals surface area contributed by atoms with Crippen LogP contribution in [0.5, 0.6) is 0 Å². The smallest absolute Gasteiger partial charge is 0.261 e. The molecule has 128 valence electrons. The van der Waals surface area contributed by atoms with Crippen LogP contribution in [-0.2, 0) is 14.8 Å². The predicted molar refractivity (Wildman–Crippen MR) is 95.9 cm³/mol. The van der Waals surface area contributed by atoms with Crippen molar-refractivity contribution in [3.8, 4) is 0 Å². The molecule has 0 amide bonds. The number of ether oxygens (including phenoxy) is 1. The van der Waals surface area contributed by atoms with Gasteiger partial charge in [-0.3, -0.25) is 4.72 Å². The van der Waals surface area contributed by atoms with Crippen molar-refractivity contribution < 1.29 is 13.2 Å². The number of rotatable bonds is 5. The minimum atomic E-state index is -3.61. The lowest BCUT2D eigenvalue weighted by Crippen LogP contribution is -2.28. The summed E-state index contributed by atoms with van der Waals surface area (Å²) >= 11 is 0. The Bertz CT molecular complexity index is 782. The van der Waals surface area contributed by atoms with Crippen molar-refractivity contribution in [3.05, 3.63) is 54.1 Å². The van der Waals surface area contributed by atoms with Crippen LogP contribution in [0.25, 0.3) is 0 Å². The first kappa shape index (κ1) is 16.8. The van der Waals surface area contributed by atoms with Crippen molar-refractivity contribution >= 4 is 21.4 Å². The molecule has 2 aromatic carbocycles. The molecule has 1 aliphatic rings. The Kier molecular flexibility index (Phi) is 5.06. The van der Waals surface area contributed by atoms with Gasteiger partial charge in [-0.25, -0.2) is 8.42 Å². The van der Waals surface area contributed by atoms with E-state index in [2.05, 4.69) is 10.0 Å². The lowest BCUT2D eigenvalue weighted by Gasteiger charge is -2.25. The fourth-order valence-electron chi connectivity index (χ4n) is 2.68. The van der Waals surface area contributed by atoms with Crippen LogP contribution < -0.4 is 10.0 Å². The molecule has 0 saturated carbocycles. The maximum absolute atomic E-state index is 12.6. The maximum Gasteiger partial charge on any atom is 0.261 e. The molecule has 0 atom stereocenters. The molecule has 1 aliphatic heterocycles. The summed E-state index contributed by atoms with van der Waals surface area (Å²) in [4.78, 5) is 0.258. The summed E-state index contributed by atoms with van der Waals surface area (Å²) in [6, 6.07) is 14.5. The van der Waals surface area contributed by atoms with Crippen molar-refractivity contribution in [1.82, 2.24) is 0 Å². The van der Waals surface area contributed by atoms with E-state index in [-0.39, 0.29) is 4.90 Å². The van der Waals surface area contributed by atoms with Crippen molar-refractivity contribution in [2.75, 3.05) is 23.3 Å². The van der Waals surface area contributed by atoms with Gasteiger partial charge < -0.3 is 10.1 Å². The molecule has 0 aliphatic carbocycles. The summed E-state index contributed by atoms with van der Waals surface area (Å²) in [5.74, 6) is 0. The molecule has 0 bridgehead atoms. The normalized spacial score (nSPS) is 15.9. The first-order valence-corrected chi connectivity index (χ1v) is 9.56. The minimum absolute atomic E-state index is 0.258. The Balaban J connectivity index is 1.80. The number of hydrogen-bond acceptors (Lipinski definition) is 4. The van der Waals surface area contributed by atoms with Gasteiger partial charge in [-0.2, -0.15) is 0 Å². The topological polar surface area (TPSA) is 67.4 Å². The highest BCUT2D eigenvalue weighted by Crippen LogP contribution is 2.26. The highest BCUT2D eigenvalue weighted by atomic mass is 32.2. The number of sulfonamides is 1. The van der Waals surface area contributed by atoms with Crippen LogP contribution in [0.4, 0.5) is 11.4 Å². The fraction of sp³-hybridized carbons (Fsp3) is 0.333. The molecule has 2 aromatic rings. The lowest BCUT2D eigenvalue weighted by atomic mass is 10.1. The molecule has 1 fully saturated rings. The van der Waals surface area contributed by atoms with Gasteiger partial charge in [0.15, 0.2) is 0 Å². The molecule has 0 spiro atoms. The number of hydrogen-bond donors (Lipinski definition) is 2. The Hall–Kier alpha value is -2.05. The van der Waals surface area contributed by atoms with E-state index < -0.39 is 10.0 Å². The second kappa shape index (κ2) is 7.23. The van der Waals surface area contributed by atoms with Gasteiger partial charge in [-0.15, -0.1) is 0 Å². The molecule has 0 unspecified atom stereocenters. The molecule has 5 nitrogen and oxygen atoms in total. The number of aryl methyl sites for hydroxylation is 1. The summed E-state index contributed by atoms with van der Waals surface area (Å²) in [6.07, 6.45) is 1.83. The third-order valence-electron chi connectivity index (χ3n) is 4.08. The molecule has 24 heavy (non-hydrogen) atoms. The molecule has 3 rings (SSSR count). The van der Waals surface area contributed by atoms with Gasteiger partial charge in [0.1, 0.15) is 0 Å². The second-order valence-electron chi connectivity index (χ2n) is 6.00. The minimum Gasteiger partial charge on any atom is -0.381 e. The second-order valence-corrected chi connectivity index (χ2v) is 7.68. The van der Waals surface area contributed by atoms with Crippen LogP contribution in [0, 0.1) is 6.92 Å². The Morgan fingerprint density at radius 2 is 1.58 bits per heavy atom. The van der Waals surface area contributed by atoms with Crippen LogP contribution in [0.1, 0.15) is 18.4 Å². The van der Waals surface area contributed by atoms with E-state index in [4.69, 9.17) is 4.74 Å². The van der Waals surface area contributed by atoms with Crippen molar-refractivity contribution in [2.45, 2.75) is 30.7 Å². The molecule has 2 N–H and O–H groups in total. The zero-order chi connectivity index (χ0) is 17.0. The van der Waals surface area contributed by atoms with E-state index in [1.54, 1.807) is 30.3 Å². The Labute approximate surface area is 143 Å². The van der Waals surface area contributed by atoms with E-state index in [9.17, 15) is 8.42 Å². The number of benzene rings is 2. The van der Waals surface area contributed by atoms with Crippen LogP contribution in [0.15, 0.2) is 53.4 Å². The van der Waals surface area contributed by atoms with Crippen molar-refractivity contribution in [3.63, 3.8) is 0 Å². The zero-order valence-corrected chi connectivity index (χ0v) is 14.5. The van der Waals surface area contributed by atoms with Gasteiger partial charge >= 0.3 is 0 Å². The third-order valence-corrected chi connectivity index (χ3v) is 5.47. The van der Waals surface area contributed by atoms with Crippen molar-refractivity contribution in [2.24, 2.45) is 0 Å². The average Bonchev–Trinajstić information content (AvgIpc) is 2.58. The molecule has 1 saturated heterocycles. The largest absolute Gasteiger partial charge is 0.381 e. The van der Waals surface area contributed by atoms with Crippen LogP contribution in [-0.4, -0.2) is 27.7 Å². The maximum atomic E-state index is 12.6. The van der Waals surface area contributed by atoms with Crippen LogP contribution in [0.3, 0.4) is 0 Å². The third kappa shape index (κ3) is 4.07. The summed E-state index contributed by atoms with van der Waals surface area (Å²) in [5, 5.41) is 3.43. The monoisotopic (exact) mass is 346 g/mol. The zero-order valence-electron chi connectivity index (χ0n) is 13.7. The molecule has 0 radical (unpaired) electrons. The van der Waals surface area contributed by atoms with E-state index >= 15 is 0 Å². The van der Waals surface area contributed by atoms with Gasteiger partial charge in [-0.05, 0) is 44.0 Å². The fourth-order valence-corrected chi connectivity index (χ4v) is 3.76. The summed E-state index contributed by atoms with van der Waals surface area (Å²) < 4.78 is 33.3. The van der Waals surface area contributed by atoms with Crippen molar-refractivity contribution in [1.29, 1.82) is 0 Å². The van der Waals surface area contributed by atoms with E-state index in [1.165, 1.54) is 0 Å². The molecule has 0 aromatic heterocycles. The highest BCUT2D eigenvalue weighted by Gasteiger charge is 2.18. The summed E-state index contributed by atoms with van der Waals surface area (Å²) in [7, 11) is -3.61. The highest BCUT2D eigenvalue weighted by molar-refractivity contribution is 7.92.